The van der Waals surface area contributed by atoms with Gasteiger partial charge in [-0.1, -0.05) is 48.5 Å². The van der Waals surface area contributed by atoms with Crippen LogP contribution in [0.4, 0.5) is 5.69 Å². The summed E-state index contributed by atoms with van der Waals surface area (Å²) in [5, 5.41) is 19.3. The molecule has 4 heteroatoms. The molecule has 0 saturated heterocycles. The first-order chi connectivity index (χ1) is 12.7. The molecule has 0 aromatic heterocycles. The van der Waals surface area contributed by atoms with Crippen LogP contribution in [-0.4, -0.2) is 12.6 Å². The first-order valence-corrected chi connectivity index (χ1v) is 8.43. The molecule has 126 valence electrons. The van der Waals surface area contributed by atoms with Crippen LogP contribution in [0.1, 0.15) is 6.92 Å². The quantitative estimate of drug-likeness (QED) is 0.247. The van der Waals surface area contributed by atoms with Crippen LogP contribution in [0.25, 0.3) is 32.3 Å². The normalized spacial score (nSPS) is 11.8. The van der Waals surface area contributed by atoms with Crippen molar-refractivity contribution in [3.05, 3.63) is 66.4 Å². The van der Waals surface area contributed by atoms with Gasteiger partial charge in [-0.25, -0.2) is 4.79 Å². The van der Waals surface area contributed by atoms with Gasteiger partial charge in [-0.15, -0.1) is 0 Å². The second kappa shape index (κ2) is 6.38. The molecule has 0 atom stereocenters. The number of anilines is 1. The zero-order valence-electron chi connectivity index (χ0n) is 14.2. The number of carbonyl (C=O) groups excluding carboxylic acids is 1. The largest absolute Gasteiger partial charge is 0.462 e. The van der Waals surface area contributed by atoms with Crippen LogP contribution in [-0.2, 0) is 9.53 Å². The number of nitrogens with one attached hydrogen (secondary N) is 1. The Morgan fingerprint density at radius 3 is 2.38 bits per heavy atom. The molecule has 0 aliphatic rings. The highest BCUT2D eigenvalue weighted by Gasteiger charge is 2.12. The Kier molecular flexibility index (Phi) is 3.91. The molecule has 0 radical (unpaired) electrons. The summed E-state index contributed by atoms with van der Waals surface area (Å²) in [6.45, 7) is 1.94. The molecule has 0 fully saturated rings. The van der Waals surface area contributed by atoms with Crippen molar-refractivity contribution in [1.82, 2.24) is 0 Å². The minimum absolute atomic E-state index is 0.0578. The van der Waals surface area contributed by atoms with Gasteiger partial charge in [0, 0.05) is 17.3 Å². The van der Waals surface area contributed by atoms with E-state index in [1.165, 1.54) is 27.7 Å². The van der Waals surface area contributed by atoms with E-state index in [1.54, 1.807) is 6.92 Å². The van der Waals surface area contributed by atoms with Gasteiger partial charge in [0.2, 0.25) is 0 Å². The molecule has 0 heterocycles. The minimum atomic E-state index is -0.625. The van der Waals surface area contributed by atoms with Crippen molar-refractivity contribution < 1.29 is 9.53 Å². The first-order valence-electron chi connectivity index (χ1n) is 8.43. The Hall–Kier alpha value is -3.58. The van der Waals surface area contributed by atoms with E-state index < -0.39 is 5.97 Å². The van der Waals surface area contributed by atoms with Crippen molar-refractivity contribution in [3.8, 4) is 6.07 Å². The summed E-state index contributed by atoms with van der Waals surface area (Å²) in [5.74, 6) is -0.625. The lowest BCUT2D eigenvalue weighted by molar-refractivity contribution is -0.138. The minimum Gasteiger partial charge on any atom is -0.462 e. The maximum Gasteiger partial charge on any atom is 0.350 e. The van der Waals surface area contributed by atoms with E-state index in [0.29, 0.717) is 0 Å². The number of nitrogens with zero attached hydrogens (tertiary/aromatic N) is 1. The molecule has 0 aliphatic carbocycles. The molecule has 0 unspecified atom stereocenters. The summed E-state index contributed by atoms with van der Waals surface area (Å²) < 4.78 is 4.89. The molecule has 26 heavy (non-hydrogen) atoms. The summed E-state index contributed by atoms with van der Waals surface area (Å²) in [7, 11) is 0. The van der Waals surface area contributed by atoms with E-state index in [-0.39, 0.29) is 12.2 Å². The van der Waals surface area contributed by atoms with Crippen molar-refractivity contribution in [1.29, 1.82) is 5.26 Å². The van der Waals surface area contributed by atoms with Crippen LogP contribution in [0.2, 0.25) is 0 Å². The number of esters is 1. The zero-order chi connectivity index (χ0) is 18.1. The Bertz CT molecular complexity index is 1190. The van der Waals surface area contributed by atoms with Crippen molar-refractivity contribution in [2.24, 2.45) is 0 Å². The zero-order valence-corrected chi connectivity index (χ0v) is 14.2. The number of hydrogen-bond acceptors (Lipinski definition) is 4. The summed E-state index contributed by atoms with van der Waals surface area (Å²) >= 11 is 0. The summed E-state index contributed by atoms with van der Waals surface area (Å²) in [4.78, 5) is 11.8. The van der Waals surface area contributed by atoms with Crippen molar-refractivity contribution in [2.75, 3.05) is 11.9 Å². The Morgan fingerprint density at radius 2 is 1.69 bits per heavy atom. The Balaban J connectivity index is 1.86. The monoisotopic (exact) mass is 340 g/mol. The highest BCUT2D eigenvalue weighted by molar-refractivity contribution is 6.25. The van der Waals surface area contributed by atoms with E-state index in [1.807, 2.05) is 18.2 Å². The average molecular weight is 340 g/mol. The van der Waals surface area contributed by atoms with Gasteiger partial charge in [0.25, 0.3) is 0 Å². The van der Waals surface area contributed by atoms with Gasteiger partial charge in [0.1, 0.15) is 6.07 Å². The van der Waals surface area contributed by atoms with Gasteiger partial charge < -0.3 is 10.1 Å². The molecule has 4 aromatic carbocycles. The van der Waals surface area contributed by atoms with Crippen LogP contribution in [0.5, 0.6) is 0 Å². The maximum atomic E-state index is 11.8. The van der Waals surface area contributed by atoms with E-state index in [9.17, 15) is 10.1 Å². The smallest absolute Gasteiger partial charge is 0.350 e. The van der Waals surface area contributed by atoms with Gasteiger partial charge in [0.15, 0.2) is 5.57 Å². The lowest BCUT2D eigenvalue weighted by Crippen LogP contribution is -2.08. The fourth-order valence-corrected chi connectivity index (χ4v) is 3.36. The predicted octanol–water partition coefficient (Wildman–Crippen LogP) is 4.97. The third kappa shape index (κ3) is 2.51. The number of ether oxygens (including phenoxy) is 1. The molecule has 4 aromatic rings. The fraction of sp³-hybridized carbons (Fsp3) is 0.0909. The standard InChI is InChI=1S/C22H16N2O2/c1-2-26-22(25)17(12-23)13-24-19-11-9-16-7-6-14-4-3-5-15-8-10-18(19)21(16)20(14)15/h3-11,13,24H,2H2,1H3/b17-13+. The third-order valence-electron chi connectivity index (χ3n) is 4.52. The summed E-state index contributed by atoms with van der Waals surface area (Å²) in [5.41, 5.74) is 0.783. The first kappa shape index (κ1) is 15.9. The van der Waals surface area contributed by atoms with Crippen LogP contribution in [0.15, 0.2) is 66.4 Å². The van der Waals surface area contributed by atoms with Gasteiger partial charge >= 0.3 is 5.97 Å². The second-order valence-electron chi connectivity index (χ2n) is 6.00. The fourth-order valence-electron chi connectivity index (χ4n) is 3.36. The van der Waals surface area contributed by atoms with Crippen LogP contribution in [0.3, 0.4) is 0 Å². The molecular formula is C22H16N2O2. The SMILES string of the molecule is CCOC(=O)/C(C#N)=C/Nc1ccc2ccc3cccc4ccc1c2c34. The topological polar surface area (TPSA) is 62.1 Å². The molecule has 0 saturated carbocycles. The maximum absolute atomic E-state index is 11.8. The molecule has 0 amide bonds. The highest BCUT2D eigenvalue weighted by atomic mass is 16.5. The van der Waals surface area contributed by atoms with Crippen molar-refractivity contribution >= 4 is 44.0 Å². The summed E-state index contributed by atoms with van der Waals surface area (Å²) in [6.07, 6.45) is 1.41. The van der Waals surface area contributed by atoms with Crippen LogP contribution < -0.4 is 5.32 Å². The number of benzene rings is 4. The third-order valence-corrected chi connectivity index (χ3v) is 4.52. The van der Waals surface area contributed by atoms with E-state index in [0.717, 1.165) is 16.5 Å². The van der Waals surface area contributed by atoms with Crippen LogP contribution >= 0.6 is 0 Å². The molecule has 0 aliphatic heterocycles. The molecule has 0 spiro atoms. The predicted molar refractivity (Wildman–Crippen MR) is 104 cm³/mol. The van der Waals surface area contributed by atoms with Crippen molar-refractivity contribution in [3.63, 3.8) is 0 Å². The van der Waals surface area contributed by atoms with Crippen molar-refractivity contribution in [2.45, 2.75) is 6.92 Å². The summed E-state index contributed by atoms with van der Waals surface area (Å²) in [6, 6.07) is 20.6. The Labute approximate surface area is 150 Å². The second-order valence-corrected chi connectivity index (χ2v) is 6.00. The number of rotatable bonds is 4. The number of carbonyl (C=O) groups is 1. The molecule has 4 nitrogen and oxygen atoms in total. The average Bonchev–Trinajstić information content (AvgIpc) is 2.67. The van der Waals surface area contributed by atoms with Gasteiger partial charge in [-0.05, 0) is 39.9 Å². The van der Waals surface area contributed by atoms with E-state index in [4.69, 9.17) is 4.74 Å². The lowest BCUT2D eigenvalue weighted by atomic mass is 9.93. The lowest BCUT2D eigenvalue weighted by Gasteiger charge is -2.13. The molecule has 4 rings (SSSR count). The van der Waals surface area contributed by atoms with E-state index >= 15 is 0 Å². The molecule has 1 N–H and O–H groups in total. The van der Waals surface area contributed by atoms with Crippen LogP contribution in [0, 0.1) is 11.3 Å². The molecular weight excluding hydrogens is 324 g/mol. The number of hydrogen-bond donors (Lipinski definition) is 1. The highest BCUT2D eigenvalue weighted by Crippen LogP contribution is 2.37. The van der Waals surface area contributed by atoms with Gasteiger partial charge in [-0.2, -0.15) is 5.26 Å². The van der Waals surface area contributed by atoms with Gasteiger partial charge in [-0.3, -0.25) is 0 Å². The Morgan fingerprint density at radius 1 is 1.04 bits per heavy atom. The number of nitriles is 1. The van der Waals surface area contributed by atoms with E-state index in [2.05, 4.69) is 47.8 Å². The molecule has 0 bridgehead atoms. The van der Waals surface area contributed by atoms with Gasteiger partial charge in [0.05, 0.1) is 6.61 Å².